The van der Waals surface area contributed by atoms with Crippen LogP contribution in [0.25, 0.3) is 10.9 Å². The number of para-hydroxylation sites is 1. The molecule has 100 valence electrons. The van der Waals surface area contributed by atoms with E-state index in [1.165, 1.54) is 0 Å². The molecule has 1 aromatic heterocycles. The van der Waals surface area contributed by atoms with Crippen LogP contribution in [0.1, 0.15) is 16.1 Å². The summed E-state index contributed by atoms with van der Waals surface area (Å²) in [4.78, 5) is 16.4. The zero-order valence-corrected chi connectivity index (χ0v) is 10.6. The van der Waals surface area contributed by atoms with Gasteiger partial charge in [0.1, 0.15) is 5.69 Å². The fourth-order valence-corrected chi connectivity index (χ4v) is 2.58. The summed E-state index contributed by atoms with van der Waals surface area (Å²) < 4.78 is 0. The Morgan fingerprint density at radius 2 is 2.11 bits per heavy atom. The van der Waals surface area contributed by atoms with Crippen LogP contribution in [0, 0.1) is 0 Å². The second-order valence-electron chi connectivity index (χ2n) is 4.90. The van der Waals surface area contributed by atoms with Crippen molar-refractivity contribution < 1.29 is 9.90 Å². The highest BCUT2D eigenvalue weighted by Crippen LogP contribution is 2.21. The van der Waals surface area contributed by atoms with Gasteiger partial charge in [0.25, 0.3) is 0 Å². The minimum absolute atomic E-state index is 0.253. The number of piperazine rings is 1. The third kappa shape index (κ3) is 2.47. The summed E-state index contributed by atoms with van der Waals surface area (Å²) in [6.45, 7) is 4.95. The van der Waals surface area contributed by atoms with Gasteiger partial charge in [0.05, 0.1) is 5.52 Å². The summed E-state index contributed by atoms with van der Waals surface area (Å²) in [5, 5.41) is 13.3. The highest BCUT2D eigenvalue weighted by Gasteiger charge is 2.14. The zero-order valence-electron chi connectivity index (χ0n) is 10.6. The molecule has 5 nitrogen and oxygen atoms in total. The Morgan fingerprint density at radius 1 is 1.32 bits per heavy atom. The lowest BCUT2D eigenvalue weighted by atomic mass is 10.1. The SMILES string of the molecule is O=C(O)c1cc2cccc(CN3CCNCC3)c2[nH]1. The van der Waals surface area contributed by atoms with Crippen molar-refractivity contribution in [2.24, 2.45) is 0 Å². The van der Waals surface area contributed by atoms with Crippen molar-refractivity contribution in [1.29, 1.82) is 0 Å². The first-order chi connectivity index (χ1) is 9.24. The fourth-order valence-electron chi connectivity index (χ4n) is 2.58. The molecule has 3 rings (SSSR count). The first-order valence-electron chi connectivity index (χ1n) is 6.51. The normalized spacial score (nSPS) is 16.8. The molecule has 0 atom stereocenters. The van der Waals surface area contributed by atoms with Crippen LogP contribution in [0.2, 0.25) is 0 Å². The Kier molecular flexibility index (Phi) is 3.23. The summed E-state index contributed by atoms with van der Waals surface area (Å²) in [5.41, 5.74) is 2.35. The smallest absolute Gasteiger partial charge is 0.352 e. The molecule has 1 aliphatic rings. The number of H-pyrrole nitrogens is 1. The number of carboxylic acid groups (broad SMARTS) is 1. The molecule has 1 saturated heterocycles. The number of nitrogens with one attached hydrogen (secondary N) is 2. The molecule has 1 aliphatic heterocycles. The van der Waals surface area contributed by atoms with E-state index in [4.69, 9.17) is 5.11 Å². The van der Waals surface area contributed by atoms with Gasteiger partial charge in [0, 0.05) is 38.1 Å². The van der Waals surface area contributed by atoms with Crippen LogP contribution in [0.3, 0.4) is 0 Å². The van der Waals surface area contributed by atoms with Crippen molar-refractivity contribution in [1.82, 2.24) is 15.2 Å². The van der Waals surface area contributed by atoms with Gasteiger partial charge in [-0.1, -0.05) is 18.2 Å². The Labute approximate surface area is 111 Å². The van der Waals surface area contributed by atoms with Crippen LogP contribution in [-0.2, 0) is 6.54 Å². The van der Waals surface area contributed by atoms with Gasteiger partial charge in [-0.05, 0) is 11.6 Å². The summed E-state index contributed by atoms with van der Waals surface area (Å²) in [5.74, 6) is -0.913. The second kappa shape index (κ2) is 5.03. The highest BCUT2D eigenvalue weighted by atomic mass is 16.4. The molecular formula is C14H17N3O2. The number of carboxylic acids is 1. The van der Waals surface area contributed by atoms with Crippen molar-refractivity contribution in [3.63, 3.8) is 0 Å². The number of hydrogen-bond acceptors (Lipinski definition) is 3. The number of hydrogen-bond donors (Lipinski definition) is 3. The number of nitrogens with zero attached hydrogens (tertiary/aromatic N) is 1. The third-order valence-corrected chi connectivity index (χ3v) is 3.58. The monoisotopic (exact) mass is 259 g/mol. The van der Waals surface area contributed by atoms with E-state index >= 15 is 0 Å². The largest absolute Gasteiger partial charge is 0.477 e. The second-order valence-corrected chi connectivity index (χ2v) is 4.90. The average molecular weight is 259 g/mol. The number of fused-ring (bicyclic) bond motifs is 1. The van der Waals surface area contributed by atoms with E-state index in [0.29, 0.717) is 0 Å². The van der Waals surface area contributed by atoms with E-state index in [1.54, 1.807) is 6.07 Å². The van der Waals surface area contributed by atoms with Crippen LogP contribution in [-0.4, -0.2) is 47.1 Å². The molecule has 1 fully saturated rings. The van der Waals surface area contributed by atoms with Crippen molar-refractivity contribution >= 4 is 16.9 Å². The molecule has 0 amide bonds. The van der Waals surface area contributed by atoms with Crippen molar-refractivity contribution in [2.45, 2.75) is 6.54 Å². The minimum atomic E-state index is -0.913. The molecule has 2 heterocycles. The number of aromatic amines is 1. The lowest BCUT2D eigenvalue weighted by molar-refractivity contribution is 0.0691. The van der Waals surface area contributed by atoms with Crippen LogP contribution >= 0.6 is 0 Å². The first kappa shape index (κ1) is 12.2. The van der Waals surface area contributed by atoms with Gasteiger partial charge in [-0.15, -0.1) is 0 Å². The number of carbonyl (C=O) groups is 1. The number of aromatic nitrogens is 1. The Hall–Kier alpha value is -1.85. The summed E-state index contributed by atoms with van der Waals surface area (Å²) in [6, 6.07) is 7.68. The van der Waals surface area contributed by atoms with Crippen LogP contribution < -0.4 is 5.32 Å². The van der Waals surface area contributed by atoms with Crippen molar-refractivity contribution in [2.75, 3.05) is 26.2 Å². The maximum absolute atomic E-state index is 11.0. The minimum Gasteiger partial charge on any atom is -0.477 e. The van der Waals surface area contributed by atoms with E-state index in [9.17, 15) is 4.79 Å². The van der Waals surface area contributed by atoms with E-state index in [1.807, 2.05) is 12.1 Å². The van der Waals surface area contributed by atoms with Crippen LogP contribution in [0.5, 0.6) is 0 Å². The third-order valence-electron chi connectivity index (χ3n) is 3.58. The van der Waals surface area contributed by atoms with Gasteiger partial charge in [-0.2, -0.15) is 0 Å². The fraction of sp³-hybridized carbons (Fsp3) is 0.357. The van der Waals surface area contributed by atoms with E-state index < -0.39 is 5.97 Å². The van der Waals surface area contributed by atoms with Gasteiger partial charge in [0.15, 0.2) is 0 Å². The molecule has 0 spiro atoms. The highest BCUT2D eigenvalue weighted by molar-refractivity contribution is 5.94. The van der Waals surface area contributed by atoms with Crippen molar-refractivity contribution in [3.05, 3.63) is 35.5 Å². The predicted molar refractivity (Wildman–Crippen MR) is 73.4 cm³/mol. The quantitative estimate of drug-likeness (QED) is 0.776. The van der Waals surface area contributed by atoms with Gasteiger partial charge >= 0.3 is 5.97 Å². The molecule has 0 unspecified atom stereocenters. The van der Waals surface area contributed by atoms with E-state index in [-0.39, 0.29) is 5.69 Å². The number of aromatic carboxylic acids is 1. The number of benzene rings is 1. The molecular weight excluding hydrogens is 242 g/mol. The zero-order chi connectivity index (χ0) is 13.2. The maximum atomic E-state index is 11.0. The summed E-state index contributed by atoms with van der Waals surface area (Å²) >= 11 is 0. The molecule has 0 aliphatic carbocycles. The van der Waals surface area contributed by atoms with Gasteiger partial charge < -0.3 is 15.4 Å². The lowest BCUT2D eigenvalue weighted by Gasteiger charge is -2.27. The van der Waals surface area contributed by atoms with Crippen molar-refractivity contribution in [3.8, 4) is 0 Å². The van der Waals surface area contributed by atoms with E-state index in [2.05, 4.69) is 21.3 Å². The van der Waals surface area contributed by atoms with E-state index in [0.717, 1.165) is 49.2 Å². The molecule has 1 aromatic carbocycles. The molecule has 0 bridgehead atoms. The molecule has 3 N–H and O–H groups in total. The Morgan fingerprint density at radius 3 is 2.84 bits per heavy atom. The molecule has 0 radical (unpaired) electrons. The topological polar surface area (TPSA) is 68.4 Å². The lowest BCUT2D eigenvalue weighted by Crippen LogP contribution is -2.42. The molecule has 2 aromatic rings. The standard InChI is InChI=1S/C14H17N3O2/c18-14(19)12-8-10-2-1-3-11(13(10)16-12)9-17-6-4-15-5-7-17/h1-3,8,15-16H,4-7,9H2,(H,18,19). The Balaban J connectivity index is 1.91. The van der Waals surface area contributed by atoms with Gasteiger partial charge in [-0.25, -0.2) is 4.79 Å². The first-order valence-corrected chi connectivity index (χ1v) is 6.51. The Bertz CT molecular complexity index is 600. The van der Waals surface area contributed by atoms with Gasteiger partial charge in [0.2, 0.25) is 0 Å². The molecule has 5 heteroatoms. The van der Waals surface area contributed by atoms with Crippen LogP contribution in [0.15, 0.2) is 24.3 Å². The summed E-state index contributed by atoms with van der Waals surface area (Å²) in [7, 11) is 0. The maximum Gasteiger partial charge on any atom is 0.352 e. The average Bonchev–Trinajstić information content (AvgIpc) is 2.85. The molecule has 0 saturated carbocycles. The molecule has 19 heavy (non-hydrogen) atoms. The van der Waals surface area contributed by atoms with Crippen LogP contribution in [0.4, 0.5) is 0 Å². The number of rotatable bonds is 3. The van der Waals surface area contributed by atoms with Gasteiger partial charge in [-0.3, -0.25) is 4.90 Å². The summed E-state index contributed by atoms with van der Waals surface area (Å²) in [6.07, 6.45) is 0. The predicted octanol–water partition coefficient (Wildman–Crippen LogP) is 1.27.